The molecule has 90 valence electrons. The van der Waals surface area contributed by atoms with Gasteiger partial charge in [-0.3, -0.25) is 0 Å². The van der Waals surface area contributed by atoms with Crippen LogP contribution in [0.2, 0.25) is 0 Å². The third kappa shape index (κ3) is 2.59. The van der Waals surface area contributed by atoms with E-state index in [1.54, 1.807) is 0 Å². The lowest BCUT2D eigenvalue weighted by Gasteiger charge is -2.47. The van der Waals surface area contributed by atoms with Crippen molar-refractivity contribution in [2.24, 2.45) is 5.92 Å². The summed E-state index contributed by atoms with van der Waals surface area (Å²) in [4.78, 5) is 2.49. The molecule has 2 rings (SSSR count). The number of likely N-dealkylation sites (tertiary alicyclic amines) is 1. The van der Waals surface area contributed by atoms with Gasteiger partial charge in [0.05, 0.1) is 5.60 Å². The lowest BCUT2D eigenvalue weighted by molar-refractivity contribution is -0.0952. The Kier molecular flexibility index (Phi) is 3.89. The minimum Gasteiger partial charge on any atom is -0.390 e. The second-order valence-corrected chi connectivity index (χ2v) is 5.40. The van der Waals surface area contributed by atoms with Crippen LogP contribution in [0.4, 0.5) is 0 Å². The molecule has 2 unspecified atom stereocenters. The van der Waals surface area contributed by atoms with Gasteiger partial charge in [0.15, 0.2) is 0 Å². The quantitative estimate of drug-likeness (QED) is 0.582. The summed E-state index contributed by atoms with van der Waals surface area (Å²) in [5.74, 6) is 3.21. The van der Waals surface area contributed by atoms with E-state index in [0.29, 0.717) is 5.92 Å². The van der Waals surface area contributed by atoms with E-state index in [4.69, 9.17) is 6.42 Å². The zero-order valence-corrected chi connectivity index (χ0v) is 10.1. The molecule has 0 bridgehead atoms. The number of piperidine rings is 1. The van der Waals surface area contributed by atoms with E-state index in [0.717, 1.165) is 45.3 Å². The van der Waals surface area contributed by atoms with Crippen LogP contribution in [0.5, 0.6) is 0 Å². The fourth-order valence-corrected chi connectivity index (χ4v) is 3.25. The number of fused-ring (bicyclic) bond motifs is 1. The van der Waals surface area contributed by atoms with Crippen LogP contribution >= 0.6 is 0 Å². The van der Waals surface area contributed by atoms with Crippen molar-refractivity contribution >= 4 is 0 Å². The van der Waals surface area contributed by atoms with Crippen molar-refractivity contribution in [1.82, 2.24) is 4.90 Å². The molecule has 0 amide bonds. The summed E-state index contributed by atoms with van der Waals surface area (Å²) in [6.45, 7) is 3.25. The van der Waals surface area contributed by atoms with E-state index >= 15 is 0 Å². The van der Waals surface area contributed by atoms with Crippen LogP contribution in [-0.4, -0.2) is 35.2 Å². The normalized spacial score (nSPS) is 35.4. The molecule has 1 aliphatic carbocycles. The predicted molar refractivity (Wildman–Crippen MR) is 66.0 cm³/mol. The molecule has 1 heterocycles. The average molecular weight is 221 g/mol. The molecule has 16 heavy (non-hydrogen) atoms. The molecular formula is C14H23NO. The largest absolute Gasteiger partial charge is 0.390 e. The predicted octanol–water partition coefficient (Wildman–Crippen LogP) is 2.03. The minimum atomic E-state index is -0.332. The summed E-state index contributed by atoms with van der Waals surface area (Å²) >= 11 is 0. The Balaban J connectivity index is 1.83. The van der Waals surface area contributed by atoms with Gasteiger partial charge in [0.2, 0.25) is 0 Å². The maximum Gasteiger partial charge on any atom is 0.0700 e. The van der Waals surface area contributed by atoms with Crippen molar-refractivity contribution in [1.29, 1.82) is 0 Å². The molecule has 2 nitrogen and oxygen atoms in total. The second-order valence-electron chi connectivity index (χ2n) is 5.40. The highest BCUT2D eigenvalue weighted by Gasteiger charge is 2.42. The molecule has 0 aromatic rings. The summed E-state index contributed by atoms with van der Waals surface area (Å²) in [6.07, 6.45) is 13.0. The number of aliphatic hydroxyl groups is 1. The molecule has 0 aromatic carbocycles. The zero-order chi connectivity index (χ0) is 11.4. The van der Waals surface area contributed by atoms with Gasteiger partial charge in [0.1, 0.15) is 0 Å². The first-order valence-corrected chi connectivity index (χ1v) is 6.63. The molecule has 2 aliphatic rings. The minimum absolute atomic E-state index is 0.332. The number of nitrogens with zero attached hydrogens (tertiary/aromatic N) is 1. The average Bonchev–Trinajstić information content (AvgIpc) is 2.29. The van der Waals surface area contributed by atoms with Crippen molar-refractivity contribution in [2.45, 2.75) is 50.5 Å². The van der Waals surface area contributed by atoms with Gasteiger partial charge in [-0.05, 0) is 32.2 Å². The van der Waals surface area contributed by atoms with E-state index < -0.39 is 0 Å². The molecule has 1 saturated heterocycles. The Morgan fingerprint density at radius 3 is 3.06 bits per heavy atom. The summed E-state index contributed by atoms with van der Waals surface area (Å²) in [7, 11) is 0. The topological polar surface area (TPSA) is 23.5 Å². The molecule has 0 spiro atoms. The third-order valence-electron chi connectivity index (χ3n) is 4.31. The molecule has 0 radical (unpaired) electrons. The molecular weight excluding hydrogens is 198 g/mol. The molecule has 1 aliphatic heterocycles. The van der Waals surface area contributed by atoms with Crippen LogP contribution < -0.4 is 0 Å². The van der Waals surface area contributed by atoms with E-state index in [9.17, 15) is 5.11 Å². The Morgan fingerprint density at radius 1 is 1.38 bits per heavy atom. The molecule has 0 aromatic heterocycles. The van der Waals surface area contributed by atoms with Gasteiger partial charge in [0.25, 0.3) is 0 Å². The van der Waals surface area contributed by atoms with Crippen molar-refractivity contribution in [3.63, 3.8) is 0 Å². The van der Waals surface area contributed by atoms with Crippen LogP contribution in [0, 0.1) is 18.3 Å². The first-order valence-electron chi connectivity index (χ1n) is 6.63. The highest BCUT2D eigenvalue weighted by atomic mass is 16.3. The van der Waals surface area contributed by atoms with Crippen molar-refractivity contribution in [2.75, 3.05) is 19.6 Å². The summed E-state index contributed by atoms with van der Waals surface area (Å²) < 4.78 is 0. The van der Waals surface area contributed by atoms with Crippen molar-refractivity contribution in [3.05, 3.63) is 0 Å². The van der Waals surface area contributed by atoms with Gasteiger partial charge < -0.3 is 10.0 Å². The van der Waals surface area contributed by atoms with Gasteiger partial charge in [-0.1, -0.05) is 12.8 Å². The zero-order valence-electron chi connectivity index (χ0n) is 10.1. The first-order chi connectivity index (χ1) is 7.74. The van der Waals surface area contributed by atoms with E-state index in [2.05, 4.69) is 10.8 Å². The molecule has 2 heteroatoms. The van der Waals surface area contributed by atoms with E-state index in [1.807, 2.05) is 0 Å². The van der Waals surface area contributed by atoms with Crippen molar-refractivity contribution in [3.8, 4) is 12.3 Å². The summed E-state index contributed by atoms with van der Waals surface area (Å²) in [5.41, 5.74) is -0.332. The van der Waals surface area contributed by atoms with Gasteiger partial charge in [0, 0.05) is 25.4 Å². The fourth-order valence-electron chi connectivity index (χ4n) is 3.25. The summed E-state index contributed by atoms with van der Waals surface area (Å²) in [6, 6.07) is 0. The van der Waals surface area contributed by atoms with Gasteiger partial charge in [-0.15, -0.1) is 12.3 Å². The Hall–Kier alpha value is -0.520. The Morgan fingerprint density at radius 2 is 2.25 bits per heavy atom. The number of terminal acetylenes is 1. The van der Waals surface area contributed by atoms with Crippen LogP contribution in [0.15, 0.2) is 0 Å². The summed E-state index contributed by atoms with van der Waals surface area (Å²) in [5, 5.41) is 10.5. The number of hydrogen-bond acceptors (Lipinski definition) is 2. The molecule has 2 fully saturated rings. The SMILES string of the molecule is C#CCCCN1CCC2(O)CCCCC2C1. The lowest BCUT2D eigenvalue weighted by atomic mass is 9.71. The smallest absolute Gasteiger partial charge is 0.0700 e. The maximum absolute atomic E-state index is 10.5. The Bertz CT molecular complexity index is 270. The van der Waals surface area contributed by atoms with Crippen LogP contribution in [0.1, 0.15) is 44.9 Å². The molecule has 1 N–H and O–H groups in total. The van der Waals surface area contributed by atoms with Gasteiger partial charge >= 0.3 is 0 Å². The first kappa shape index (κ1) is 12.0. The maximum atomic E-state index is 10.5. The monoisotopic (exact) mass is 221 g/mol. The fraction of sp³-hybridized carbons (Fsp3) is 0.857. The Labute approximate surface area is 99.0 Å². The van der Waals surface area contributed by atoms with E-state index in [-0.39, 0.29) is 5.60 Å². The second kappa shape index (κ2) is 5.21. The van der Waals surface area contributed by atoms with Crippen LogP contribution in [0.25, 0.3) is 0 Å². The number of unbranched alkanes of at least 4 members (excludes halogenated alkanes) is 1. The highest BCUT2D eigenvalue weighted by Crippen LogP contribution is 2.39. The lowest BCUT2D eigenvalue weighted by Crippen LogP contribution is -2.53. The number of hydrogen-bond donors (Lipinski definition) is 1. The van der Waals surface area contributed by atoms with E-state index in [1.165, 1.54) is 19.3 Å². The van der Waals surface area contributed by atoms with Gasteiger partial charge in [-0.2, -0.15) is 0 Å². The van der Waals surface area contributed by atoms with Crippen LogP contribution in [-0.2, 0) is 0 Å². The van der Waals surface area contributed by atoms with Crippen molar-refractivity contribution < 1.29 is 5.11 Å². The highest BCUT2D eigenvalue weighted by molar-refractivity contribution is 4.95. The molecule has 2 atom stereocenters. The van der Waals surface area contributed by atoms with Gasteiger partial charge in [-0.25, -0.2) is 0 Å². The third-order valence-corrected chi connectivity index (χ3v) is 4.31. The number of rotatable bonds is 3. The van der Waals surface area contributed by atoms with Crippen LogP contribution in [0.3, 0.4) is 0 Å². The standard InChI is InChI=1S/C14H23NO/c1-2-3-6-10-15-11-9-14(16)8-5-4-7-13(14)12-15/h1,13,16H,3-12H2. The molecule has 1 saturated carbocycles.